The van der Waals surface area contributed by atoms with Gasteiger partial charge < -0.3 is 34.2 Å². The first-order chi connectivity index (χ1) is 49.2. The van der Waals surface area contributed by atoms with Crippen molar-refractivity contribution in [3.63, 3.8) is 0 Å². The van der Waals surface area contributed by atoms with Crippen LogP contribution in [0.4, 0.5) is 0 Å². The molecule has 0 saturated heterocycles. The number of aliphatic hydroxyl groups is 2. The van der Waals surface area contributed by atoms with Crippen LogP contribution in [0.5, 0.6) is 0 Å². The maximum absolute atomic E-state index is 12.9. The topological polar surface area (TPSA) is 231 Å². The molecule has 5 atom stereocenters. The molecule has 0 aliphatic rings. The van der Waals surface area contributed by atoms with Crippen LogP contribution >= 0.6 is 15.6 Å². The van der Waals surface area contributed by atoms with Crippen molar-refractivity contribution in [2.75, 3.05) is 39.6 Å². The van der Waals surface area contributed by atoms with Crippen LogP contribution in [-0.4, -0.2) is 95.9 Å². The molecule has 0 aromatic carbocycles. The maximum atomic E-state index is 12.9. The van der Waals surface area contributed by atoms with Crippen LogP contribution in [-0.2, 0) is 55.8 Å². The number of aliphatic hydroxyl groups excluding tert-OH is 2. The highest BCUT2D eigenvalue weighted by Gasteiger charge is 2.29. The molecule has 0 fully saturated rings. The maximum Gasteiger partial charge on any atom is 0.472 e. The van der Waals surface area contributed by atoms with Crippen molar-refractivity contribution in [3.8, 4) is 0 Å². The minimum atomic E-state index is -4.94. The second-order valence-corrected chi connectivity index (χ2v) is 27.9. The third-order valence-corrected chi connectivity index (χ3v) is 17.3. The molecule has 574 valence electrons. The second kappa shape index (κ2) is 74.6. The Morgan fingerprint density at radius 3 is 0.832 bits per heavy atom. The highest BCUT2D eigenvalue weighted by Crippen LogP contribution is 2.45. The number of hydrogen-bond acceptors (Lipinski definition) is 14. The lowest BCUT2D eigenvalue weighted by Gasteiger charge is -2.21. The number of hydrogen-bond donors (Lipinski definition) is 4. The summed E-state index contributed by atoms with van der Waals surface area (Å²) in [6, 6.07) is 0. The molecular weight excluding hydrogens is 1310 g/mol. The van der Waals surface area contributed by atoms with E-state index in [2.05, 4.69) is 191 Å². The lowest BCUT2D eigenvalue weighted by Crippen LogP contribution is -2.30. The van der Waals surface area contributed by atoms with Gasteiger partial charge in [0.25, 0.3) is 0 Å². The van der Waals surface area contributed by atoms with E-state index < -0.39 is 91.5 Å². The predicted molar refractivity (Wildman–Crippen MR) is 417 cm³/mol. The molecule has 4 N–H and O–H groups in total. The molecule has 0 spiro atoms. The number of rotatable bonds is 71. The van der Waals surface area contributed by atoms with Crippen LogP contribution in [0.2, 0.25) is 0 Å². The fourth-order valence-corrected chi connectivity index (χ4v) is 11.2. The fraction of sp³-hybridized carbons (Fsp3) is 0.627. The molecule has 0 radical (unpaired) electrons. The van der Waals surface area contributed by atoms with Gasteiger partial charge in [-0.25, -0.2) is 9.13 Å². The zero-order chi connectivity index (χ0) is 73.7. The van der Waals surface area contributed by atoms with Crippen LogP contribution in [0.3, 0.4) is 0 Å². The normalized spacial score (nSPS) is 15.0. The van der Waals surface area contributed by atoms with Crippen molar-refractivity contribution in [1.82, 2.24) is 0 Å². The first kappa shape index (κ1) is 95.9. The molecule has 0 aliphatic heterocycles. The number of phosphoric acid groups is 2. The molecule has 0 aromatic heterocycles. The second-order valence-electron chi connectivity index (χ2n) is 25.0. The molecule has 0 amide bonds. The Morgan fingerprint density at radius 1 is 0.287 bits per heavy atom. The average molecular weight is 1450 g/mol. The Bertz CT molecular complexity index is 2520. The Labute approximate surface area is 612 Å². The van der Waals surface area contributed by atoms with Crippen molar-refractivity contribution >= 4 is 33.6 Å². The third-order valence-electron chi connectivity index (χ3n) is 15.4. The van der Waals surface area contributed by atoms with Crippen LogP contribution in [0.1, 0.15) is 278 Å². The molecule has 0 aliphatic carbocycles. The summed E-state index contributed by atoms with van der Waals surface area (Å²) in [5.74, 6) is -1.63. The largest absolute Gasteiger partial charge is 0.472 e. The standard InChI is InChI=1S/C83H136O16P2/c1-4-7-10-13-16-19-22-25-27-29-31-33-35-36-37-38-39-40-42-44-45-47-49-52-54-57-60-63-66-69-81(86)93-72-78(84)73-95-100(89,90)96-74-79(85)75-97-101(91,92)98-77-80(99-83(88)71-68-65-62-59-56-51-24-21-18-15-12-9-6-3)76-94-82(87)70-67-64-61-58-55-53-50-48-46-43-41-34-32-30-28-26-23-20-17-14-11-8-5-2/h7-8,10-12,15-17,19-21,24-28,31-34,36-37,39-40,43,46,50,53,78-80,84-85H,4-6,9,13-14,18,22-23,29-30,35,38,41-42,44-45,47-49,51-52,54-77H2,1-3H3,(H,89,90)(H,91,92)/b10-7-,11-8-,15-12-,19-16-,20-17-,24-21-,27-25-,28-26-,33-31-,34-32-,37-36-,40-39-,46-43-,53-50-. The van der Waals surface area contributed by atoms with E-state index >= 15 is 0 Å². The molecular formula is C83H136O16P2. The van der Waals surface area contributed by atoms with E-state index in [9.17, 15) is 43.5 Å². The lowest BCUT2D eigenvalue weighted by molar-refractivity contribution is -0.161. The average Bonchev–Trinajstić information content (AvgIpc) is 0.933. The van der Waals surface area contributed by atoms with Gasteiger partial charge in [0.15, 0.2) is 6.10 Å². The van der Waals surface area contributed by atoms with E-state index in [-0.39, 0.29) is 19.3 Å². The molecule has 0 saturated carbocycles. The summed E-state index contributed by atoms with van der Waals surface area (Å²) < 4.78 is 61.0. The van der Waals surface area contributed by atoms with Gasteiger partial charge in [0.05, 0.1) is 26.4 Å². The van der Waals surface area contributed by atoms with E-state index in [0.29, 0.717) is 19.3 Å². The summed E-state index contributed by atoms with van der Waals surface area (Å²) in [6.07, 6.45) is 94.0. The van der Waals surface area contributed by atoms with Gasteiger partial charge in [0.2, 0.25) is 0 Å². The van der Waals surface area contributed by atoms with Gasteiger partial charge in [-0.1, -0.05) is 281 Å². The molecule has 5 unspecified atom stereocenters. The van der Waals surface area contributed by atoms with Crippen molar-refractivity contribution in [2.24, 2.45) is 0 Å². The first-order valence-corrected chi connectivity index (χ1v) is 41.4. The van der Waals surface area contributed by atoms with Crippen LogP contribution < -0.4 is 0 Å². The highest BCUT2D eigenvalue weighted by molar-refractivity contribution is 7.47. The molecule has 101 heavy (non-hydrogen) atoms. The Morgan fingerprint density at radius 2 is 0.525 bits per heavy atom. The SMILES string of the molecule is CC/C=C\C/C=C\C/C=C\C/C=C\C/C=C\C/C=C\CCCCCCCCCCCCC(=O)OCC(O)COP(=O)(O)OCC(O)COP(=O)(O)OCC(COC(=O)CCCCCC/C=C\C/C=C\C/C=C\C/C=C\C/C=C\C/C=C\CC)OC(=O)CCCCCCC/C=C\C/C=C\CCC. The molecule has 0 aromatic rings. The molecule has 16 nitrogen and oxygen atoms in total. The Kier molecular flexibility index (Phi) is 70.9. The zero-order valence-electron chi connectivity index (χ0n) is 62.5. The third kappa shape index (κ3) is 75.9. The number of esters is 3. The Hall–Kier alpha value is -5.09. The van der Waals surface area contributed by atoms with Gasteiger partial charge in [-0.05, 0) is 148 Å². The number of unbranched alkanes of at least 4 members (excludes halogenated alkanes) is 20. The van der Waals surface area contributed by atoms with Gasteiger partial charge in [0, 0.05) is 19.3 Å². The summed E-state index contributed by atoms with van der Waals surface area (Å²) in [7, 11) is -9.81. The number of phosphoric ester groups is 2. The summed E-state index contributed by atoms with van der Waals surface area (Å²) in [6.45, 7) is 2.31. The molecule has 0 bridgehead atoms. The number of ether oxygens (including phenoxy) is 3. The van der Waals surface area contributed by atoms with Crippen molar-refractivity contribution in [2.45, 2.75) is 296 Å². The zero-order valence-corrected chi connectivity index (χ0v) is 64.3. The monoisotopic (exact) mass is 1450 g/mol. The quantitative estimate of drug-likeness (QED) is 0.0146. The van der Waals surface area contributed by atoms with Gasteiger partial charge in [-0.3, -0.25) is 32.5 Å². The van der Waals surface area contributed by atoms with Crippen LogP contribution in [0, 0.1) is 0 Å². The fourth-order valence-electron chi connectivity index (χ4n) is 9.61. The summed E-state index contributed by atoms with van der Waals surface area (Å²) >= 11 is 0. The smallest absolute Gasteiger partial charge is 0.463 e. The predicted octanol–water partition coefficient (Wildman–Crippen LogP) is 22.4. The van der Waals surface area contributed by atoms with Gasteiger partial charge in [0.1, 0.15) is 25.4 Å². The molecule has 18 heteroatoms. The first-order valence-electron chi connectivity index (χ1n) is 38.4. The van der Waals surface area contributed by atoms with Gasteiger partial charge in [-0.2, -0.15) is 0 Å². The van der Waals surface area contributed by atoms with Gasteiger partial charge >= 0.3 is 33.6 Å². The van der Waals surface area contributed by atoms with E-state index in [0.717, 1.165) is 186 Å². The van der Waals surface area contributed by atoms with Gasteiger partial charge in [-0.15, -0.1) is 0 Å². The summed E-state index contributed by atoms with van der Waals surface area (Å²) in [5.41, 5.74) is 0. The van der Waals surface area contributed by atoms with Crippen molar-refractivity contribution in [1.29, 1.82) is 0 Å². The van der Waals surface area contributed by atoms with E-state index in [1.54, 1.807) is 0 Å². The number of carbonyl (C=O) groups excluding carboxylic acids is 3. The van der Waals surface area contributed by atoms with E-state index in [1.165, 1.54) is 32.1 Å². The number of allylic oxidation sites excluding steroid dienone is 28. The van der Waals surface area contributed by atoms with Crippen molar-refractivity contribution in [3.05, 3.63) is 170 Å². The Balaban J connectivity index is 4.56. The van der Waals surface area contributed by atoms with Crippen molar-refractivity contribution < 1.29 is 75.8 Å². The summed E-state index contributed by atoms with van der Waals surface area (Å²) in [5, 5.41) is 20.6. The minimum Gasteiger partial charge on any atom is -0.463 e. The lowest BCUT2D eigenvalue weighted by atomic mass is 10.1. The van der Waals surface area contributed by atoms with E-state index in [1.807, 2.05) is 0 Å². The van der Waals surface area contributed by atoms with Crippen LogP contribution in [0.15, 0.2) is 170 Å². The summed E-state index contributed by atoms with van der Waals surface area (Å²) in [4.78, 5) is 58.6. The van der Waals surface area contributed by atoms with Crippen LogP contribution in [0.25, 0.3) is 0 Å². The molecule has 0 heterocycles. The minimum absolute atomic E-state index is 0.0765. The highest BCUT2D eigenvalue weighted by atomic mass is 31.2. The molecule has 0 rings (SSSR count). The van der Waals surface area contributed by atoms with E-state index in [4.69, 9.17) is 32.3 Å². The number of carbonyl (C=O) groups is 3.